The molecule has 27 heavy (non-hydrogen) atoms. The molecular formula is C23H32N2O2. The van der Waals surface area contributed by atoms with Gasteiger partial charge in [-0.15, -0.1) is 0 Å². The number of rotatable bonds is 2. The van der Waals surface area contributed by atoms with E-state index in [1.807, 2.05) is 11.8 Å². The molecule has 4 heteroatoms. The third-order valence-corrected chi connectivity index (χ3v) is 8.36. The summed E-state index contributed by atoms with van der Waals surface area (Å²) in [4.78, 5) is 31.2. The first kappa shape index (κ1) is 18.5. The highest BCUT2D eigenvalue weighted by atomic mass is 16.2. The average Bonchev–Trinajstić information content (AvgIpc) is 2.95. The Kier molecular flexibility index (Phi) is 4.00. The molecule has 4 rings (SSSR count). The lowest BCUT2D eigenvalue weighted by molar-refractivity contribution is -0.153. The summed E-state index contributed by atoms with van der Waals surface area (Å²) in [7, 11) is 0. The number of ketones is 1. The molecule has 1 aromatic carbocycles. The molecule has 146 valence electrons. The van der Waals surface area contributed by atoms with Gasteiger partial charge in [0.15, 0.2) is 5.78 Å². The monoisotopic (exact) mass is 368 g/mol. The molecule has 4 nitrogen and oxygen atoms in total. The minimum atomic E-state index is -0.846. The average molecular weight is 369 g/mol. The first-order valence-electron chi connectivity index (χ1n) is 10.3. The Bertz CT molecular complexity index is 793. The third kappa shape index (κ3) is 2.28. The van der Waals surface area contributed by atoms with Crippen LogP contribution >= 0.6 is 0 Å². The Balaban J connectivity index is 1.52. The second-order valence-corrected chi connectivity index (χ2v) is 9.74. The largest absolute Gasteiger partial charge is 0.368 e. The van der Waals surface area contributed by atoms with Crippen molar-refractivity contribution in [1.29, 1.82) is 0 Å². The summed E-state index contributed by atoms with van der Waals surface area (Å²) in [6, 6.07) is 8.40. The second-order valence-electron chi connectivity index (χ2n) is 9.74. The van der Waals surface area contributed by atoms with E-state index in [0.29, 0.717) is 13.1 Å². The molecule has 3 aliphatic rings. The van der Waals surface area contributed by atoms with Gasteiger partial charge in [0, 0.05) is 37.3 Å². The van der Waals surface area contributed by atoms with E-state index >= 15 is 0 Å². The Morgan fingerprint density at radius 2 is 1.67 bits per heavy atom. The Morgan fingerprint density at radius 1 is 1.04 bits per heavy atom. The molecule has 3 fully saturated rings. The highest BCUT2D eigenvalue weighted by Crippen LogP contribution is 2.70. The number of fused-ring (bicyclic) bond motifs is 2. The molecule has 0 aromatic heterocycles. The zero-order valence-electron chi connectivity index (χ0n) is 17.3. The van der Waals surface area contributed by atoms with Gasteiger partial charge in [0.1, 0.15) is 5.41 Å². The highest BCUT2D eigenvalue weighted by Gasteiger charge is 2.73. The van der Waals surface area contributed by atoms with Crippen molar-refractivity contribution >= 4 is 17.4 Å². The number of hydrogen-bond donors (Lipinski definition) is 0. The quantitative estimate of drug-likeness (QED) is 0.748. The number of anilines is 1. The van der Waals surface area contributed by atoms with Gasteiger partial charge in [-0.3, -0.25) is 9.59 Å². The maximum absolute atomic E-state index is 13.5. The van der Waals surface area contributed by atoms with Gasteiger partial charge in [0.05, 0.1) is 0 Å². The number of Topliss-reactive ketones (excluding diaryl/α,β-unsaturated/α-hetero) is 1. The van der Waals surface area contributed by atoms with E-state index in [1.165, 1.54) is 11.3 Å². The summed E-state index contributed by atoms with van der Waals surface area (Å²) in [6.07, 6.45) is 1.91. The molecule has 2 aliphatic carbocycles. The van der Waals surface area contributed by atoms with E-state index in [0.717, 1.165) is 25.9 Å². The lowest BCUT2D eigenvalue weighted by atomic mass is 9.69. The van der Waals surface area contributed by atoms with Crippen LogP contribution in [0.15, 0.2) is 24.3 Å². The molecule has 1 amide bonds. The van der Waals surface area contributed by atoms with Crippen LogP contribution in [0, 0.1) is 29.1 Å². The summed E-state index contributed by atoms with van der Waals surface area (Å²) in [5.74, 6) is 0.408. The van der Waals surface area contributed by atoms with E-state index < -0.39 is 5.41 Å². The van der Waals surface area contributed by atoms with Crippen LogP contribution in [0.5, 0.6) is 0 Å². The summed E-state index contributed by atoms with van der Waals surface area (Å²) in [5.41, 5.74) is 1.21. The molecular weight excluding hydrogens is 336 g/mol. The van der Waals surface area contributed by atoms with E-state index in [-0.39, 0.29) is 28.4 Å². The van der Waals surface area contributed by atoms with Crippen molar-refractivity contribution in [3.05, 3.63) is 29.8 Å². The van der Waals surface area contributed by atoms with Crippen LogP contribution in [-0.4, -0.2) is 42.8 Å². The molecule has 0 N–H and O–H groups in total. The normalized spacial score (nSPS) is 35.0. The summed E-state index contributed by atoms with van der Waals surface area (Å²) >= 11 is 0. The topological polar surface area (TPSA) is 40.6 Å². The zero-order valence-corrected chi connectivity index (χ0v) is 17.3. The van der Waals surface area contributed by atoms with E-state index in [9.17, 15) is 9.59 Å². The van der Waals surface area contributed by atoms with Crippen LogP contribution in [0.4, 0.5) is 5.69 Å². The zero-order chi connectivity index (χ0) is 19.6. The molecule has 1 saturated heterocycles. The van der Waals surface area contributed by atoms with Gasteiger partial charge in [0.2, 0.25) is 5.91 Å². The number of aryl methyl sites for hydroxylation is 1. The molecule has 3 atom stereocenters. The van der Waals surface area contributed by atoms with Crippen LogP contribution in [0.25, 0.3) is 0 Å². The first-order valence-corrected chi connectivity index (χ1v) is 10.3. The number of hydrogen-bond acceptors (Lipinski definition) is 3. The Hall–Kier alpha value is -1.84. The van der Waals surface area contributed by atoms with Gasteiger partial charge in [-0.2, -0.15) is 0 Å². The standard InChI is InChI=1S/C23H32N2O2/c1-16-8-6-7-9-17(16)24-12-14-25(15-13-24)20(27)23(5)18-10-11-22(4,19(23)26)21(18,2)3/h6-9,18H,10-15H2,1-5H3/t18?,22-,23?/m0/s1. The number of carbonyl (C=O) groups excluding carboxylic acids is 2. The second kappa shape index (κ2) is 5.83. The minimum Gasteiger partial charge on any atom is -0.368 e. The van der Waals surface area contributed by atoms with Gasteiger partial charge in [-0.1, -0.05) is 39.0 Å². The first-order chi connectivity index (χ1) is 12.6. The fourth-order valence-corrected chi connectivity index (χ4v) is 6.29. The van der Waals surface area contributed by atoms with Crippen LogP contribution in [0.2, 0.25) is 0 Å². The fourth-order valence-electron chi connectivity index (χ4n) is 6.29. The lowest BCUT2D eigenvalue weighted by Gasteiger charge is -2.42. The van der Waals surface area contributed by atoms with Crippen molar-refractivity contribution < 1.29 is 9.59 Å². The molecule has 2 bridgehead atoms. The van der Waals surface area contributed by atoms with Crippen molar-refractivity contribution in [2.45, 2.75) is 47.5 Å². The van der Waals surface area contributed by atoms with Crippen LogP contribution in [0.3, 0.4) is 0 Å². The number of carbonyl (C=O) groups is 2. The van der Waals surface area contributed by atoms with Crippen molar-refractivity contribution in [2.75, 3.05) is 31.1 Å². The minimum absolute atomic E-state index is 0.0680. The van der Waals surface area contributed by atoms with Crippen molar-refractivity contribution in [2.24, 2.45) is 22.2 Å². The van der Waals surface area contributed by atoms with E-state index in [1.54, 1.807) is 0 Å². The summed E-state index contributed by atoms with van der Waals surface area (Å²) in [5, 5.41) is 0. The SMILES string of the molecule is Cc1ccccc1N1CCN(C(=O)C2(C)C(=O)[C@]3(C)CCC2C3(C)C)CC1. The summed E-state index contributed by atoms with van der Waals surface area (Å²) in [6.45, 7) is 13.6. The number of nitrogens with zero attached hydrogens (tertiary/aromatic N) is 2. The highest BCUT2D eigenvalue weighted by molar-refractivity contribution is 6.11. The Labute approximate surface area is 162 Å². The third-order valence-electron chi connectivity index (χ3n) is 8.36. The molecule has 2 unspecified atom stereocenters. The number of benzene rings is 1. The van der Waals surface area contributed by atoms with Crippen LogP contribution in [0.1, 0.15) is 46.1 Å². The Morgan fingerprint density at radius 3 is 2.22 bits per heavy atom. The number of amides is 1. The number of piperazine rings is 1. The van der Waals surface area contributed by atoms with Gasteiger partial charge >= 0.3 is 0 Å². The predicted molar refractivity (Wildman–Crippen MR) is 108 cm³/mol. The van der Waals surface area contributed by atoms with Gasteiger partial charge in [-0.25, -0.2) is 0 Å². The molecule has 1 aliphatic heterocycles. The van der Waals surface area contributed by atoms with Crippen molar-refractivity contribution in [3.8, 4) is 0 Å². The van der Waals surface area contributed by atoms with E-state index in [4.69, 9.17) is 0 Å². The van der Waals surface area contributed by atoms with Crippen LogP contribution < -0.4 is 4.90 Å². The number of para-hydroxylation sites is 1. The molecule has 0 radical (unpaired) electrons. The molecule has 1 heterocycles. The van der Waals surface area contributed by atoms with Crippen molar-refractivity contribution in [3.63, 3.8) is 0 Å². The van der Waals surface area contributed by atoms with E-state index in [2.05, 4.69) is 56.9 Å². The van der Waals surface area contributed by atoms with Gasteiger partial charge in [-0.05, 0) is 49.7 Å². The maximum atomic E-state index is 13.5. The van der Waals surface area contributed by atoms with Gasteiger partial charge < -0.3 is 9.80 Å². The maximum Gasteiger partial charge on any atom is 0.236 e. The molecule has 1 aromatic rings. The molecule has 2 saturated carbocycles. The molecule has 0 spiro atoms. The van der Waals surface area contributed by atoms with Crippen LogP contribution in [-0.2, 0) is 9.59 Å². The fraction of sp³-hybridized carbons (Fsp3) is 0.652. The predicted octanol–water partition coefficient (Wildman–Crippen LogP) is 3.68. The lowest BCUT2D eigenvalue weighted by Crippen LogP contribution is -2.56. The smallest absolute Gasteiger partial charge is 0.236 e. The summed E-state index contributed by atoms with van der Waals surface area (Å²) < 4.78 is 0. The van der Waals surface area contributed by atoms with Gasteiger partial charge in [0.25, 0.3) is 0 Å². The van der Waals surface area contributed by atoms with Crippen molar-refractivity contribution in [1.82, 2.24) is 4.90 Å².